The molecule has 2 aromatic rings. The molecular weight excluding hydrogens is 442 g/mol. The van der Waals surface area contributed by atoms with E-state index in [2.05, 4.69) is 36.9 Å². The highest BCUT2D eigenvalue weighted by Gasteiger charge is 2.18. The van der Waals surface area contributed by atoms with Crippen molar-refractivity contribution in [3.8, 4) is 5.75 Å². The quantitative estimate of drug-likeness (QED) is 0.395. The number of hydrogen-bond acceptors (Lipinski definition) is 5. The van der Waals surface area contributed by atoms with Gasteiger partial charge in [0.25, 0.3) is 0 Å². The standard InChI is InChI=1S/C17H13Br2NO4/c1-2-20-9-10-7-11(18)8-14(19)15(10)24-17(23)13-6-4-3-5-12(13)16(21)22/h3-9H,2H2,1H3,(H,21,22)/p-1. The van der Waals surface area contributed by atoms with Gasteiger partial charge in [-0.05, 0) is 41.1 Å². The molecule has 0 unspecified atom stereocenters. The molecule has 2 aromatic carbocycles. The van der Waals surface area contributed by atoms with Crippen molar-refractivity contribution in [3.05, 3.63) is 62.0 Å². The molecule has 5 nitrogen and oxygen atoms in total. The van der Waals surface area contributed by atoms with E-state index in [0.29, 0.717) is 16.6 Å². The number of rotatable bonds is 5. The maximum absolute atomic E-state index is 12.4. The molecule has 0 aliphatic rings. The molecule has 0 atom stereocenters. The van der Waals surface area contributed by atoms with E-state index < -0.39 is 11.9 Å². The van der Waals surface area contributed by atoms with Gasteiger partial charge in [0.1, 0.15) is 0 Å². The van der Waals surface area contributed by atoms with E-state index >= 15 is 0 Å². The van der Waals surface area contributed by atoms with Crippen LogP contribution >= 0.6 is 31.9 Å². The number of benzene rings is 2. The molecule has 124 valence electrons. The van der Waals surface area contributed by atoms with Crippen LogP contribution in [0.5, 0.6) is 5.75 Å². The van der Waals surface area contributed by atoms with Gasteiger partial charge in [-0.25, -0.2) is 4.79 Å². The van der Waals surface area contributed by atoms with E-state index in [-0.39, 0.29) is 16.9 Å². The Balaban J connectivity index is 2.43. The predicted molar refractivity (Wildman–Crippen MR) is 95.7 cm³/mol. The number of carboxylic acid groups (broad SMARTS) is 1. The van der Waals surface area contributed by atoms with Crippen molar-refractivity contribution in [2.75, 3.05) is 6.54 Å². The van der Waals surface area contributed by atoms with Crippen LogP contribution in [0.3, 0.4) is 0 Å². The first-order chi connectivity index (χ1) is 11.4. The number of carboxylic acids is 1. The van der Waals surface area contributed by atoms with Gasteiger partial charge in [-0.1, -0.05) is 34.1 Å². The lowest BCUT2D eigenvalue weighted by Gasteiger charge is -2.13. The maximum atomic E-state index is 12.4. The molecule has 0 aromatic heterocycles. The van der Waals surface area contributed by atoms with E-state index in [0.717, 1.165) is 4.47 Å². The summed E-state index contributed by atoms with van der Waals surface area (Å²) < 4.78 is 6.73. The molecule has 0 radical (unpaired) electrons. The first-order valence-electron chi connectivity index (χ1n) is 6.95. The van der Waals surface area contributed by atoms with Crippen molar-refractivity contribution >= 4 is 50.0 Å². The molecule has 2 rings (SSSR count). The average molecular weight is 454 g/mol. The Kier molecular flexibility index (Phi) is 6.28. The lowest BCUT2D eigenvalue weighted by Crippen LogP contribution is -2.26. The highest BCUT2D eigenvalue weighted by Crippen LogP contribution is 2.33. The Labute approximate surface area is 155 Å². The number of aliphatic imine (C=N–C) groups is 1. The van der Waals surface area contributed by atoms with Gasteiger partial charge >= 0.3 is 5.97 Å². The largest absolute Gasteiger partial charge is 0.545 e. The molecule has 0 aliphatic carbocycles. The van der Waals surface area contributed by atoms with Crippen LogP contribution < -0.4 is 9.84 Å². The van der Waals surface area contributed by atoms with Crippen molar-refractivity contribution in [1.29, 1.82) is 0 Å². The van der Waals surface area contributed by atoms with Gasteiger partial charge in [0.15, 0.2) is 5.75 Å². The maximum Gasteiger partial charge on any atom is 0.344 e. The number of carbonyl (C=O) groups excluding carboxylic acids is 2. The second-order valence-electron chi connectivity index (χ2n) is 4.66. The minimum Gasteiger partial charge on any atom is -0.545 e. The van der Waals surface area contributed by atoms with E-state index in [1.807, 2.05) is 6.92 Å². The molecule has 7 heteroatoms. The smallest absolute Gasteiger partial charge is 0.344 e. The molecule has 0 fully saturated rings. The van der Waals surface area contributed by atoms with Crippen LogP contribution in [0.1, 0.15) is 33.2 Å². The summed E-state index contributed by atoms with van der Waals surface area (Å²) in [5, 5.41) is 11.1. The van der Waals surface area contributed by atoms with Gasteiger partial charge in [-0.3, -0.25) is 4.99 Å². The fraction of sp³-hybridized carbons (Fsp3) is 0.118. The summed E-state index contributed by atoms with van der Waals surface area (Å²) in [5.41, 5.74) is 0.280. The summed E-state index contributed by atoms with van der Waals surface area (Å²) in [6, 6.07) is 9.20. The van der Waals surface area contributed by atoms with Crippen molar-refractivity contribution in [1.82, 2.24) is 0 Å². The zero-order valence-corrected chi connectivity index (χ0v) is 15.8. The van der Waals surface area contributed by atoms with Crippen molar-refractivity contribution in [3.63, 3.8) is 0 Å². The van der Waals surface area contributed by atoms with Gasteiger partial charge in [-0.2, -0.15) is 0 Å². The van der Waals surface area contributed by atoms with Gasteiger partial charge in [0.2, 0.25) is 0 Å². The number of nitrogens with zero attached hydrogens (tertiary/aromatic N) is 1. The Morgan fingerprint density at radius 2 is 1.88 bits per heavy atom. The fourth-order valence-electron chi connectivity index (χ4n) is 1.96. The second kappa shape index (κ2) is 8.21. The average Bonchev–Trinajstić information content (AvgIpc) is 2.55. The molecule has 0 bridgehead atoms. The third-order valence-electron chi connectivity index (χ3n) is 3.01. The summed E-state index contributed by atoms with van der Waals surface area (Å²) in [7, 11) is 0. The van der Waals surface area contributed by atoms with E-state index in [1.165, 1.54) is 18.2 Å². The van der Waals surface area contributed by atoms with Gasteiger partial charge in [-0.15, -0.1) is 0 Å². The summed E-state index contributed by atoms with van der Waals surface area (Å²) in [4.78, 5) is 27.7. The number of aromatic carboxylic acids is 1. The van der Waals surface area contributed by atoms with Gasteiger partial charge in [0.05, 0.1) is 16.0 Å². The molecule has 0 N–H and O–H groups in total. The molecule has 0 saturated carbocycles. The highest BCUT2D eigenvalue weighted by molar-refractivity contribution is 9.11. The summed E-state index contributed by atoms with van der Waals surface area (Å²) in [6.07, 6.45) is 1.59. The Hall–Kier alpha value is -1.99. The third-order valence-corrected chi connectivity index (χ3v) is 4.06. The van der Waals surface area contributed by atoms with Crippen LogP contribution in [0.2, 0.25) is 0 Å². The number of hydrogen-bond donors (Lipinski definition) is 0. The van der Waals surface area contributed by atoms with Gasteiger partial charge in [0, 0.05) is 28.4 Å². The Bertz CT molecular complexity index is 818. The van der Waals surface area contributed by atoms with Crippen LogP contribution in [-0.4, -0.2) is 24.7 Å². The number of ether oxygens (including phenoxy) is 1. The predicted octanol–water partition coefficient (Wildman–Crippen LogP) is 3.23. The van der Waals surface area contributed by atoms with Crippen molar-refractivity contribution in [2.24, 2.45) is 4.99 Å². The topological polar surface area (TPSA) is 78.8 Å². The highest BCUT2D eigenvalue weighted by atomic mass is 79.9. The number of esters is 1. The molecule has 0 spiro atoms. The second-order valence-corrected chi connectivity index (χ2v) is 6.43. The lowest BCUT2D eigenvalue weighted by molar-refractivity contribution is -0.255. The monoisotopic (exact) mass is 452 g/mol. The van der Waals surface area contributed by atoms with Crippen LogP contribution in [0.25, 0.3) is 0 Å². The zero-order valence-electron chi connectivity index (χ0n) is 12.6. The van der Waals surface area contributed by atoms with Crippen LogP contribution in [-0.2, 0) is 0 Å². The summed E-state index contributed by atoms with van der Waals surface area (Å²) >= 11 is 6.70. The Morgan fingerprint density at radius 1 is 1.21 bits per heavy atom. The first-order valence-corrected chi connectivity index (χ1v) is 8.54. The minimum absolute atomic E-state index is 0.0781. The SMILES string of the molecule is CCN=Cc1cc(Br)cc(Br)c1OC(=O)c1ccccc1C(=O)[O-]. The van der Waals surface area contributed by atoms with E-state index in [4.69, 9.17) is 4.74 Å². The molecular formula is C17H12Br2NO4-. The normalized spacial score (nSPS) is 10.8. The molecule has 0 heterocycles. The molecule has 0 amide bonds. The minimum atomic E-state index is -1.44. The van der Waals surface area contributed by atoms with E-state index in [9.17, 15) is 14.7 Å². The Morgan fingerprint density at radius 3 is 2.50 bits per heavy atom. The zero-order chi connectivity index (χ0) is 17.7. The van der Waals surface area contributed by atoms with E-state index in [1.54, 1.807) is 24.4 Å². The lowest BCUT2D eigenvalue weighted by atomic mass is 10.1. The number of carbonyl (C=O) groups is 2. The number of halogens is 2. The first kappa shape index (κ1) is 18.4. The van der Waals surface area contributed by atoms with Crippen molar-refractivity contribution in [2.45, 2.75) is 6.92 Å². The van der Waals surface area contributed by atoms with Gasteiger partial charge < -0.3 is 14.6 Å². The van der Waals surface area contributed by atoms with Crippen LogP contribution in [0, 0.1) is 0 Å². The summed E-state index contributed by atoms with van der Waals surface area (Å²) in [5.74, 6) is -1.97. The van der Waals surface area contributed by atoms with Crippen molar-refractivity contribution < 1.29 is 19.4 Å². The molecule has 24 heavy (non-hydrogen) atoms. The molecule has 0 saturated heterocycles. The fourth-order valence-corrected chi connectivity index (χ4v) is 3.30. The van der Waals surface area contributed by atoms with Crippen LogP contribution in [0.15, 0.2) is 50.3 Å². The summed E-state index contributed by atoms with van der Waals surface area (Å²) in [6.45, 7) is 2.45. The third kappa shape index (κ3) is 4.30. The molecule has 0 aliphatic heterocycles. The van der Waals surface area contributed by atoms with Crippen LogP contribution in [0.4, 0.5) is 0 Å².